The number of nitrogens with zero attached hydrogens (tertiary/aromatic N) is 2. The summed E-state index contributed by atoms with van der Waals surface area (Å²) in [6, 6.07) is 14.2. The van der Waals surface area contributed by atoms with Crippen molar-refractivity contribution >= 4 is 54.6 Å². The van der Waals surface area contributed by atoms with E-state index in [4.69, 9.17) is 5.73 Å². The van der Waals surface area contributed by atoms with Gasteiger partial charge in [0.25, 0.3) is 10.0 Å². The summed E-state index contributed by atoms with van der Waals surface area (Å²) in [5.74, 6) is 0. The van der Waals surface area contributed by atoms with Crippen molar-refractivity contribution in [2.24, 2.45) is 5.73 Å². The number of hydrogen-bond donors (Lipinski definition) is 3. The number of allylic oxidation sites excluding steroid dienone is 1. The molecule has 0 radical (unpaired) electrons. The van der Waals surface area contributed by atoms with Crippen LogP contribution in [0.15, 0.2) is 69.5 Å². The van der Waals surface area contributed by atoms with Crippen molar-refractivity contribution in [1.82, 2.24) is 9.71 Å². The Bertz CT molecular complexity index is 1240. The topological polar surface area (TPSA) is 138 Å². The van der Waals surface area contributed by atoms with Crippen molar-refractivity contribution < 1.29 is 13.2 Å². The van der Waals surface area contributed by atoms with Crippen molar-refractivity contribution in [3.8, 4) is 17.3 Å². The van der Waals surface area contributed by atoms with Gasteiger partial charge in [0.05, 0.1) is 10.6 Å². The summed E-state index contributed by atoms with van der Waals surface area (Å²) < 4.78 is 26.4. The molecule has 0 spiro atoms. The van der Waals surface area contributed by atoms with Gasteiger partial charge in [-0.25, -0.2) is 22.9 Å². The number of carbonyl (C=O) groups excluding carboxylic acids is 1. The van der Waals surface area contributed by atoms with E-state index in [0.29, 0.717) is 16.3 Å². The van der Waals surface area contributed by atoms with Crippen LogP contribution in [0.3, 0.4) is 0 Å². The second kappa shape index (κ2) is 9.08. The van der Waals surface area contributed by atoms with Gasteiger partial charge >= 0.3 is 6.03 Å². The Morgan fingerprint density at radius 3 is 2.43 bits per heavy atom. The summed E-state index contributed by atoms with van der Waals surface area (Å²) in [4.78, 5) is 15.2. The third-order valence-corrected chi connectivity index (χ3v) is 6.54. The number of benzene rings is 2. The number of aromatic nitrogens is 1. The van der Waals surface area contributed by atoms with E-state index in [2.05, 4.69) is 32.3 Å². The number of urea groups is 1. The van der Waals surface area contributed by atoms with Crippen LogP contribution in [0.2, 0.25) is 0 Å². The highest BCUT2D eigenvalue weighted by Gasteiger charge is 2.15. The predicted octanol–water partition coefficient (Wildman–Crippen LogP) is 3.91. The summed E-state index contributed by atoms with van der Waals surface area (Å²) in [7, 11) is -4.01. The Hall–Kier alpha value is -3.20. The van der Waals surface area contributed by atoms with Crippen molar-refractivity contribution in [3.05, 3.63) is 69.6 Å². The maximum Gasteiger partial charge on any atom is 0.326 e. The first kappa shape index (κ1) is 21.5. The molecule has 0 aliphatic rings. The van der Waals surface area contributed by atoms with Crippen molar-refractivity contribution in [3.63, 3.8) is 0 Å². The molecule has 11 heteroatoms. The summed E-state index contributed by atoms with van der Waals surface area (Å²) in [6.45, 7) is 0. The van der Waals surface area contributed by atoms with Crippen LogP contribution < -0.4 is 15.8 Å². The van der Waals surface area contributed by atoms with Crippen LogP contribution in [-0.4, -0.2) is 19.4 Å². The molecule has 0 aliphatic heterocycles. The number of nitrogens with two attached hydrogens (primary N) is 1. The normalized spacial score (nSPS) is 11.5. The minimum absolute atomic E-state index is 0.115. The SMILES string of the molecule is N#C/C(=C\Nc1ccc(S(=O)(=O)NC(N)=O)cc1)c1nc(-c2ccc(Br)cc2)cs1. The fourth-order valence-corrected chi connectivity index (χ4v) is 4.31. The molecule has 0 saturated heterocycles. The van der Waals surface area contributed by atoms with Crippen LogP contribution in [0.1, 0.15) is 5.01 Å². The highest BCUT2D eigenvalue weighted by atomic mass is 79.9. The molecule has 0 bridgehead atoms. The minimum Gasteiger partial charge on any atom is -0.360 e. The Kier molecular flexibility index (Phi) is 6.51. The third-order valence-electron chi connectivity index (χ3n) is 3.78. The number of rotatable bonds is 6. The molecule has 0 atom stereocenters. The minimum atomic E-state index is -4.01. The smallest absolute Gasteiger partial charge is 0.326 e. The van der Waals surface area contributed by atoms with E-state index in [1.54, 1.807) is 4.72 Å². The van der Waals surface area contributed by atoms with Crippen LogP contribution >= 0.6 is 27.3 Å². The number of nitrogens with one attached hydrogen (secondary N) is 2. The lowest BCUT2D eigenvalue weighted by molar-refractivity contribution is 0.253. The number of primary amides is 1. The Morgan fingerprint density at radius 2 is 1.83 bits per heavy atom. The molecule has 0 fully saturated rings. The summed E-state index contributed by atoms with van der Waals surface area (Å²) in [5.41, 5.74) is 7.43. The zero-order chi connectivity index (χ0) is 21.7. The summed E-state index contributed by atoms with van der Waals surface area (Å²) in [6.07, 6.45) is 1.50. The number of nitriles is 1. The zero-order valence-electron chi connectivity index (χ0n) is 15.2. The molecular weight excluding hydrogens is 490 g/mol. The number of hydrogen-bond acceptors (Lipinski definition) is 7. The number of halogens is 1. The van der Waals surface area contributed by atoms with Crippen LogP contribution in [-0.2, 0) is 10.0 Å². The van der Waals surface area contributed by atoms with Gasteiger partial charge in [-0.3, -0.25) is 0 Å². The van der Waals surface area contributed by atoms with Crippen LogP contribution in [0.25, 0.3) is 16.8 Å². The standard InChI is InChI=1S/C19H14BrN5O3S2/c20-14-3-1-12(2-4-14)17-11-29-18(24-17)13(9-21)10-23-15-5-7-16(8-6-15)30(27,28)25-19(22)26/h1-8,10-11,23H,(H3,22,25,26)/b13-10+. The first-order chi connectivity index (χ1) is 14.3. The fourth-order valence-electron chi connectivity index (χ4n) is 2.37. The molecule has 152 valence electrons. The maximum atomic E-state index is 11.9. The molecule has 2 amide bonds. The highest BCUT2D eigenvalue weighted by Crippen LogP contribution is 2.27. The molecule has 0 saturated carbocycles. The predicted molar refractivity (Wildman–Crippen MR) is 119 cm³/mol. The van der Waals surface area contributed by atoms with Gasteiger partial charge < -0.3 is 11.1 Å². The quantitative estimate of drug-likeness (QED) is 0.436. The lowest BCUT2D eigenvalue weighted by atomic mass is 10.2. The Morgan fingerprint density at radius 1 is 1.17 bits per heavy atom. The second-order valence-corrected chi connectivity index (χ2v) is 9.31. The van der Waals surface area contributed by atoms with E-state index in [1.165, 1.54) is 41.8 Å². The van der Waals surface area contributed by atoms with Gasteiger partial charge in [-0.1, -0.05) is 28.1 Å². The molecule has 4 N–H and O–H groups in total. The van der Waals surface area contributed by atoms with Gasteiger partial charge in [-0.2, -0.15) is 5.26 Å². The van der Waals surface area contributed by atoms with E-state index in [9.17, 15) is 18.5 Å². The average molecular weight is 504 g/mol. The molecule has 3 aromatic rings. The van der Waals surface area contributed by atoms with Gasteiger partial charge in [0, 0.05) is 27.3 Å². The summed E-state index contributed by atoms with van der Waals surface area (Å²) in [5, 5.41) is 14.8. The van der Waals surface area contributed by atoms with Gasteiger partial charge in [-0.15, -0.1) is 11.3 Å². The van der Waals surface area contributed by atoms with Crippen molar-refractivity contribution in [2.45, 2.75) is 4.90 Å². The molecule has 2 aromatic carbocycles. The molecule has 0 unspecified atom stereocenters. The van der Waals surface area contributed by atoms with Gasteiger partial charge in [0.15, 0.2) is 0 Å². The van der Waals surface area contributed by atoms with E-state index < -0.39 is 16.1 Å². The number of anilines is 1. The van der Waals surface area contributed by atoms with Gasteiger partial charge in [-0.05, 0) is 36.4 Å². The lowest BCUT2D eigenvalue weighted by Gasteiger charge is -2.06. The first-order valence-corrected chi connectivity index (χ1v) is 11.4. The molecule has 8 nitrogen and oxygen atoms in total. The molecule has 1 aromatic heterocycles. The Balaban J connectivity index is 1.76. The lowest BCUT2D eigenvalue weighted by Crippen LogP contribution is -2.34. The largest absolute Gasteiger partial charge is 0.360 e. The van der Waals surface area contributed by atoms with Crippen LogP contribution in [0.4, 0.5) is 10.5 Å². The van der Waals surface area contributed by atoms with E-state index >= 15 is 0 Å². The van der Waals surface area contributed by atoms with Crippen LogP contribution in [0, 0.1) is 11.3 Å². The summed E-state index contributed by atoms with van der Waals surface area (Å²) >= 11 is 4.73. The third kappa shape index (κ3) is 5.24. The molecule has 3 rings (SSSR count). The van der Waals surface area contributed by atoms with Crippen molar-refractivity contribution in [1.29, 1.82) is 5.26 Å². The zero-order valence-corrected chi connectivity index (χ0v) is 18.4. The monoisotopic (exact) mass is 503 g/mol. The average Bonchev–Trinajstić information content (AvgIpc) is 3.18. The van der Waals surface area contributed by atoms with E-state index in [1.807, 2.05) is 29.6 Å². The number of thiazole rings is 1. The molecular formula is C19H14BrN5O3S2. The maximum absolute atomic E-state index is 11.9. The molecule has 0 aliphatic carbocycles. The van der Waals surface area contributed by atoms with Crippen molar-refractivity contribution in [2.75, 3.05) is 5.32 Å². The van der Waals surface area contributed by atoms with Crippen LogP contribution in [0.5, 0.6) is 0 Å². The molecule has 1 heterocycles. The van der Waals surface area contributed by atoms with Gasteiger partial charge in [0.1, 0.15) is 16.6 Å². The second-order valence-electron chi connectivity index (χ2n) is 5.85. The highest BCUT2D eigenvalue weighted by molar-refractivity contribution is 9.10. The molecule has 30 heavy (non-hydrogen) atoms. The number of amides is 2. The number of sulfonamides is 1. The van der Waals surface area contributed by atoms with Gasteiger partial charge in [0.2, 0.25) is 0 Å². The number of carbonyl (C=O) groups is 1. The fraction of sp³-hybridized carbons (Fsp3) is 0. The first-order valence-electron chi connectivity index (χ1n) is 8.29. The van der Waals surface area contributed by atoms with E-state index in [-0.39, 0.29) is 4.90 Å². The Labute approximate surface area is 185 Å². The van der Waals surface area contributed by atoms with E-state index in [0.717, 1.165) is 15.7 Å².